The van der Waals surface area contributed by atoms with Gasteiger partial charge in [-0.2, -0.15) is 0 Å². The minimum absolute atomic E-state index is 0. The summed E-state index contributed by atoms with van der Waals surface area (Å²) in [7, 11) is 1.84. The van der Waals surface area contributed by atoms with E-state index in [9.17, 15) is 4.79 Å². The number of carbonyl (C=O) groups is 1. The standard InChI is InChI=1S/C22H38N4O3.HI/c1-21(2,3)29-20(27)26-12-7-8-15(14-26)24-19(23-4)25-17-16-9-13-28-18(16)22(17)10-5-6-11-22;/h15-18H,5-14H2,1-4H3,(H2,23,24,25);1H. The molecule has 0 radical (unpaired) electrons. The monoisotopic (exact) mass is 534 g/mol. The van der Waals surface area contributed by atoms with Gasteiger partial charge in [-0.25, -0.2) is 4.79 Å². The van der Waals surface area contributed by atoms with Crippen LogP contribution in [0.2, 0.25) is 0 Å². The van der Waals surface area contributed by atoms with E-state index in [1.807, 2.05) is 32.7 Å². The van der Waals surface area contributed by atoms with E-state index in [0.717, 1.165) is 38.4 Å². The molecule has 4 fully saturated rings. The predicted octanol–water partition coefficient (Wildman–Crippen LogP) is 3.52. The molecule has 2 heterocycles. The van der Waals surface area contributed by atoms with Crippen molar-refractivity contribution in [1.82, 2.24) is 15.5 Å². The first-order valence-electron chi connectivity index (χ1n) is 11.4. The molecule has 0 aromatic carbocycles. The molecule has 2 aliphatic carbocycles. The predicted molar refractivity (Wildman–Crippen MR) is 128 cm³/mol. The fraction of sp³-hybridized carbons (Fsp3) is 0.909. The maximum Gasteiger partial charge on any atom is 0.410 e. The average Bonchev–Trinajstić information content (AvgIpc) is 3.32. The summed E-state index contributed by atoms with van der Waals surface area (Å²) in [5.41, 5.74) is -0.164. The Kier molecular flexibility index (Phi) is 7.47. The largest absolute Gasteiger partial charge is 0.444 e. The van der Waals surface area contributed by atoms with Gasteiger partial charge in [-0.15, -0.1) is 24.0 Å². The zero-order valence-corrected chi connectivity index (χ0v) is 21.2. The highest BCUT2D eigenvalue weighted by Crippen LogP contribution is 2.60. The molecule has 4 rings (SSSR count). The molecular formula is C22H39IN4O3. The number of piperidine rings is 1. The third-order valence-corrected chi connectivity index (χ3v) is 7.22. The van der Waals surface area contributed by atoms with Gasteiger partial charge in [-0.1, -0.05) is 12.8 Å². The highest BCUT2D eigenvalue weighted by molar-refractivity contribution is 14.0. The first-order chi connectivity index (χ1) is 13.8. The van der Waals surface area contributed by atoms with E-state index in [1.165, 1.54) is 25.7 Å². The van der Waals surface area contributed by atoms with Crippen molar-refractivity contribution in [3.63, 3.8) is 0 Å². The van der Waals surface area contributed by atoms with Crippen molar-refractivity contribution in [3.8, 4) is 0 Å². The number of likely N-dealkylation sites (tertiary alicyclic amines) is 1. The lowest BCUT2D eigenvalue weighted by Crippen LogP contribution is -2.69. The summed E-state index contributed by atoms with van der Waals surface area (Å²) in [5.74, 6) is 1.47. The lowest BCUT2D eigenvalue weighted by Gasteiger charge is -2.57. The number of hydrogen-bond acceptors (Lipinski definition) is 4. The normalized spacial score (nSPS) is 32.8. The Morgan fingerprint density at radius 2 is 1.90 bits per heavy atom. The van der Waals surface area contributed by atoms with Gasteiger partial charge in [0.2, 0.25) is 0 Å². The minimum atomic E-state index is -0.464. The van der Waals surface area contributed by atoms with Gasteiger partial charge in [0.15, 0.2) is 5.96 Å². The van der Waals surface area contributed by atoms with E-state index in [-0.39, 0.29) is 36.1 Å². The van der Waals surface area contributed by atoms with Gasteiger partial charge in [0, 0.05) is 50.2 Å². The van der Waals surface area contributed by atoms with Crippen LogP contribution in [0.1, 0.15) is 65.7 Å². The molecule has 4 aliphatic rings. The van der Waals surface area contributed by atoms with Crippen molar-refractivity contribution >= 4 is 36.0 Å². The van der Waals surface area contributed by atoms with Gasteiger partial charge in [0.05, 0.1) is 6.10 Å². The molecule has 7 nitrogen and oxygen atoms in total. The van der Waals surface area contributed by atoms with Crippen LogP contribution in [0.15, 0.2) is 4.99 Å². The highest BCUT2D eigenvalue weighted by atomic mass is 127. The minimum Gasteiger partial charge on any atom is -0.444 e. The number of aliphatic imine (C=N–C) groups is 1. The van der Waals surface area contributed by atoms with Crippen LogP contribution in [0, 0.1) is 11.3 Å². The van der Waals surface area contributed by atoms with E-state index >= 15 is 0 Å². The first-order valence-corrected chi connectivity index (χ1v) is 11.4. The Bertz CT molecular complexity index is 645. The number of nitrogens with zero attached hydrogens (tertiary/aromatic N) is 2. The number of halogens is 1. The fourth-order valence-electron chi connectivity index (χ4n) is 6.00. The summed E-state index contributed by atoms with van der Waals surface area (Å²) in [4.78, 5) is 18.8. The van der Waals surface area contributed by atoms with Gasteiger partial charge in [0.1, 0.15) is 5.60 Å². The second kappa shape index (κ2) is 9.38. The third kappa shape index (κ3) is 4.69. The number of hydrogen-bond donors (Lipinski definition) is 2. The zero-order valence-electron chi connectivity index (χ0n) is 18.9. The van der Waals surface area contributed by atoms with Crippen molar-refractivity contribution < 1.29 is 14.3 Å². The average molecular weight is 534 g/mol. The number of nitrogens with one attached hydrogen (secondary N) is 2. The van der Waals surface area contributed by atoms with Crippen LogP contribution in [0.4, 0.5) is 4.79 Å². The van der Waals surface area contributed by atoms with Gasteiger partial charge in [0.25, 0.3) is 0 Å². The maximum atomic E-state index is 12.5. The van der Waals surface area contributed by atoms with Gasteiger partial charge in [-0.3, -0.25) is 4.99 Å². The van der Waals surface area contributed by atoms with Crippen LogP contribution in [-0.2, 0) is 9.47 Å². The Hall–Kier alpha value is -0.770. The molecule has 1 spiro atoms. The lowest BCUT2D eigenvalue weighted by atomic mass is 9.54. The molecule has 8 heteroatoms. The molecule has 2 saturated heterocycles. The van der Waals surface area contributed by atoms with Crippen LogP contribution in [0.5, 0.6) is 0 Å². The summed E-state index contributed by atoms with van der Waals surface area (Å²) < 4.78 is 11.7. The topological polar surface area (TPSA) is 75.2 Å². The molecule has 0 aromatic heterocycles. The Labute approximate surface area is 198 Å². The molecule has 2 aliphatic heterocycles. The molecule has 2 N–H and O–H groups in total. The van der Waals surface area contributed by atoms with Crippen molar-refractivity contribution in [1.29, 1.82) is 0 Å². The Morgan fingerprint density at radius 3 is 2.57 bits per heavy atom. The molecule has 0 aromatic rings. The first kappa shape index (κ1) is 23.9. The highest BCUT2D eigenvalue weighted by Gasteiger charge is 2.65. The third-order valence-electron chi connectivity index (χ3n) is 7.22. The molecule has 2 saturated carbocycles. The van der Waals surface area contributed by atoms with Crippen LogP contribution in [0.25, 0.3) is 0 Å². The summed E-state index contributed by atoms with van der Waals surface area (Å²) in [6.07, 6.45) is 8.52. The summed E-state index contributed by atoms with van der Waals surface area (Å²) >= 11 is 0. The Morgan fingerprint density at radius 1 is 1.17 bits per heavy atom. The lowest BCUT2D eigenvalue weighted by molar-refractivity contribution is -0.125. The molecule has 4 atom stereocenters. The van der Waals surface area contributed by atoms with Crippen molar-refractivity contribution in [2.24, 2.45) is 16.3 Å². The van der Waals surface area contributed by atoms with E-state index in [4.69, 9.17) is 9.47 Å². The van der Waals surface area contributed by atoms with Crippen molar-refractivity contribution in [2.75, 3.05) is 26.7 Å². The molecule has 30 heavy (non-hydrogen) atoms. The van der Waals surface area contributed by atoms with Crippen LogP contribution >= 0.6 is 24.0 Å². The van der Waals surface area contributed by atoms with E-state index in [0.29, 0.717) is 30.0 Å². The summed E-state index contributed by atoms with van der Waals surface area (Å²) in [6, 6.07) is 0.645. The number of fused-ring (bicyclic) bond motifs is 2. The summed E-state index contributed by atoms with van der Waals surface area (Å²) in [6.45, 7) is 8.04. The fourth-order valence-corrected chi connectivity index (χ4v) is 6.00. The maximum absolute atomic E-state index is 12.5. The van der Waals surface area contributed by atoms with Gasteiger partial charge < -0.3 is 25.0 Å². The van der Waals surface area contributed by atoms with E-state index < -0.39 is 5.60 Å². The second-order valence-corrected chi connectivity index (χ2v) is 10.3. The van der Waals surface area contributed by atoms with Gasteiger partial charge in [-0.05, 0) is 52.9 Å². The second-order valence-electron chi connectivity index (χ2n) is 10.3. The molecule has 0 bridgehead atoms. The van der Waals surface area contributed by atoms with E-state index in [1.54, 1.807) is 0 Å². The summed E-state index contributed by atoms with van der Waals surface area (Å²) in [5, 5.41) is 7.35. The smallest absolute Gasteiger partial charge is 0.410 e. The van der Waals surface area contributed by atoms with E-state index in [2.05, 4.69) is 15.6 Å². The zero-order chi connectivity index (χ0) is 20.6. The molecule has 1 amide bonds. The number of guanidine groups is 1. The van der Waals surface area contributed by atoms with Crippen molar-refractivity contribution in [3.05, 3.63) is 0 Å². The Balaban J connectivity index is 0.00000256. The van der Waals surface area contributed by atoms with Crippen LogP contribution in [0.3, 0.4) is 0 Å². The van der Waals surface area contributed by atoms with Crippen LogP contribution < -0.4 is 10.6 Å². The number of ether oxygens (including phenoxy) is 2. The van der Waals surface area contributed by atoms with Gasteiger partial charge >= 0.3 is 6.09 Å². The molecular weight excluding hydrogens is 495 g/mol. The quantitative estimate of drug-likeness (QED) is 0.322. The molecule has 172 valence electrons. The number of rotatable bonds is 2. The van der Waals surface area contributed by atoms with Crippen LogP contribution in [-0.4, -0.2) is 67.5 Å². The molecule has 4 unspecified atom stereocenters. The van der Waals surface area contributed by atoms with Crippen molar-refractivity contribution in [2.45, 2.75) is 89.5 Å². The SMILES string of the molecule is CN=C(NC1CCCN(C(=O)OC(C)(C)C)C1)NC1C2CCOC2C12CCCC2.I. The number of amides is 1. The number of carbonyl (C=O) groups excluding carboxylic acids is 1.